The van der Waals surface area contributed by atoms with Crippen LogP contribution in [0.1, 0.15) is 31.9 Å². The van der Waals surface area contributed by atoms with Crippen LogP contribution in [0, 0.1) is 0 Å². The largest absolute Gasteiger partial charge is 0.354 e. The van der Waals surface area contributed by atoms with E-state index in [1.54, 1.807) is 0 Å². The third kappa shape index (κ3) is 3.49. The van der Waals surface area contributed by atoms with E-state index in [0.717, 1.165) is 43.7 Å². The highest BCUT2D eigenvalue weighted by Gasteiger charge is 2.31. The summed E-state index contributed by atoms with van der Waals surface area (Å²) in [7, 11) is 0. The van der Waals surface area contributed by atoms with E-state index >= 15 is 0 Å². The molecule has 20 heavy (non-hydrogen) atoms. The summed E-state index contributed by atoms with van der Waals surface area (Å²) >= 11 is 0. The smallest absolute Gasteiger partial charge is 0.128 e. The van der Waals surface area contributed by atoms with Gasteiger partial charge in [0.15, 0.2) is 0 Å². The van der Waals surface area contributed by atoms with Crippen LogP contribution < -0.4 is 10.2 Å². The fourth-order valence-corrected chi connectivity index (χ4v) is 2.89. The SMILES string of the molecule is CCCNCc1cccc(N2CCN(C3CC3)CC2)n1. The second-order valence-electron chi connectivity index (χ2n) is 5.92. The van der Waals surface area contributed by atoms with Crippen LogP contribution in [-0.4, -0.2) is 48.6 Å². The lowest BCUT2D eigenvalue weighted by Gasteiger charge is -2.35. The zero-order valence-corrected chi connectivity index (χ0v) is 12.5. The summed E-state index contributed by atoms with van der Waals surface area (Å²) in [5, 5.41) is 3.42. The first kappa shape index (κ1) is 13.8. The Morgan fingerprint density at radius 3 is 2.70 bits per heavy atom. The molecule has 1 saturated carbocycles. The number of anilines is 1. The second kappa shape index (κ2) is 6.55. The minimum Gasteiger partial charge on any atom is -0.354 e. The fraction of sp³-hybridized carbons (Fsp3) is 0.688. The number of rotatable bonds is 6. The summed E-state index contributed by atoms with van der Waals surface area (Å²) in [6.07, 6.45) is 4.00. The van der Waals surface area contributed by atoms with Crippen LogP contribution in [0.2, 0.25) is 0 Å². The van der Waals surface area contributed by atoms with Gasteiger partial charge in [0.05, 0.1) is 5.69 Å². The highest BCUT2D eigenvalue weighted by molar-refractivity contribution is 5.40. The summed E-state index contributed by atoms with van der Waals surface area (Å²) in [5.41, 5.74) is 1.15. The molecule has 3 rings (SSSR count). The molecule has 0 atom stereocenters. The van der Waals surface area contributed by atoms with Crippen LogP contribution in [-0.2, 0) is 6.54 Å². The number of nitrogens with zero attached hydrogens (tertiary/aromatic N) is 3. The second-order valence-corrected chi connectivity index (χ2v) is 5.92. The molecule has 1 aromatic heterocycles. The van der Waals surface area contributed by atoms with E-state index < -0.39 is 0 Å². The number of piperazine rings is 1. The van der Waals surface area contributed by atoms with Crippen molar-refractivity contribution in [2.75, 3.05) is 37.6 Å². The molecule has 2 aliphatic rings. The Labute approximate surface area is 122 Å². The Morgan fingerprint density at radius 1 is 1.20 bits per heavy atom. The zero-order valence-electron chi connectivity index (χ0n) is 12.5. The molecule has 1 saturated heterocycles. The van der Waals surface area contributed by atoms with Gasteiger partial charge in [-0.25, -0.2) is 4.98 Å². The molecule has 0 bridgehead atoms. The molecule has 1 aliphatic carbocycles. The van der Waals surface area contributed by atoms with Gasteiger partial charge in [-0.2, -0.15) is 0 Å². The maximum atomic E-state index is 4.80. The van der Waals surface area contributed by atoms with E-state index in [1.165, 1.54) is 32.4 Å². The number of pyridine rings is 1. The summed E-state index contributed by atoms with van der Waals surface area (Å²) in [6.45, 7) is 8.77. The molecule has 0 spiro atoms. The van der Waals surface area contributed by atoms with Crippen LogP contribution in [0.5, 0.6) is 0 Å². The molecule has 1 N–H and O–H groups in total. The average Bonchev–Trinajstić information content (AvgIpc) is 3.33. The van der Waals surface area contributed by atoms with E-state index in [2.05, 4.69) is 40.2 Å². The van der Waals surface area contributed by atoms with Gasteiger partial charge in [0, 0.05) is 38.8 Å². The van der Waals surface area contributed by atoms with Crippen LogP contribution >= 0.6 is 0 Å². The molecule has 1 aliphatic heterocycles. The zero-order chi connectivity index (χ0) is 13.8. The predicted molar refractivity (Wildman–Crippen MR) is 83.0 cm³/mol. The predicted octanol–water partition coefficient (Wildman–Crippen LogP) is 1.87. The van der Waals surface area contributed by atoms with Crippen molar-refractivity contribution in [2.45, 2.75) is 38.8 Å². The van der Waals surface area contributed by atoms with Crippen molar-refractivity contribution in [2.24, 2.45) is 0 Å². The monoisotopic (exact) mass is 274 g/mol. The van der Waals surface area contributed by atoms with Gasteiger partial charge < -0.3 is 10.2 Å². The number of hydrogen-bond donors (Lipinski definition) is 1. The Bertz CT molecular complexity index is 422. The Morgan fingerprint density at radius 2 is 2.00 bits per heavy atom. The first-order chi connectivity index (χ1) is 9.86. The molecule has 0 amide bonds. The summed E-state index contributed by atoms with van der Waals surface area (Å²) in [5.74, 6) is 1.15. The number of aromatic nitrogens is 1. The van der Waals surface area contributed by atoms with Crippen molar-refractivity contribution >= 4 is 5.82 Å². The van der Waals surface area contributed by atoms with Crippen LogP contribution in [0.15, 0.2) is 18.2 Å². The standard InChI is InChI=1S/C16H26N4/c1-2-8-17-13-14-4-3-5-16(18-14)20-11-9-19(10-12-20)15-6-7-15/h3-5,15,17H,2,6-13H2,1H3. The van der Waals surface area contributed by atoms with Crippen molar-refractivity contribution in [3.05, 3.63) is 23.9 Å². The molecule has 0 aromatic carbocycles. The number of hydrogen-bond acceptors (Lipinski definition) is 4. The quantitative estimate of drug-likeness (QED) is 0.803. The minimum absolute atomic E-state index is 0.879. The Hall–Kier alpha value is -1.13. The molecule has 110 valence electrons. The lowest BCUT2D eigenvalue weighted by atomic mass is 10.2. The van der Waals surface area contributed by atoms with Crippen molar-refractivity contribution in [3.8, 4) is 0 Å². The van der Waals surface area contributed by atoms with E-state index in [0.29, 0.717) is 0 Å². The van der Waals surface area contributed by atoms with Gasteiger partial charge in [-0.1, -0.05) is 13.0 Å². The van der Waals surface area contributed by atoms with Gasteiger partial charge in [0.1, 0.15) is 5.82 Å². The van der Waals surface area contributed by atoms with Gasteiger partial charge in [-0.3, -0.25) is 4.90 Å². The first-order valence-electron chi connectivity index (χ1n) is 8.02. The summed E-state index contributed by atoms with van der Waals surface area (Å²) < 4.78 is 0. The number of nitrogens with one attached hydrogen (secondary N) is 1. The lowest BCUT2D eigenvalue weighted by molar-refractivity contribution is 0.247. The van der Waals surface area contributed by atoms with Crippen molar-refractivity contribution in [3.63, 3.8) is 0 Å². The fourth-order valence-electron chi connectivity index (χ4n) is 2.89. The third-order valence-electron chi connectivity index (χ3n) is 4.23. The first-order valence-corrected chi connectivity index (χ1v) is 8.02. The minimum atomic E-state index is 0.879. The van der Waals surface area contributed by atoms with E-state index in [4.69, 9.17) is 4.98 Å². The molecule has 4 heteroatoms. The Kier molecular flexibility index (Phi) is 4.53. The topological polar surface area (TPSA) is 31.4 Å². The molecular weight excluding hydrogens is 248 g/mol. The van der Waals surface area contributed by atoms with E-state index in [9.17, 15) is 0 Å². The van der Waals surface area contributed by atoms with E-state index in [-0.39, 0.29) is 0 Å². The molecule has 1 aromatic rings. The van der Waals surface area contributed by atoms with Crippen LogP contribution in [0.3, 0.4) is 0 Å². The summed E-state index contributed by atoms with van der Waals surface area (Å²) in [6, 6.07) is 7.30. The highest BCUT2D eigenvalue weighted by atomic mass is 15.3. The molecule has 4 nitrogen and oxygen atoms in total. The Balaban J connectivity index is 1.55. The van der Waals surface area contributed by atoms with Crippen molar-refractivity contribution < 1.29 is 0 Å². The molecule has 0 unspecified atom stereocenters. The van der Waals surface area contributed by atoms with Crippen LogP contribution in [0.4, 0.5) is 5.82 Å². The van der Waals surface area contributed by atoms with Crippen molar-refractivity contribution in [1.82, 2.24) is 15.2 Å². The normalized spacial score (nSPS) is 20.4. The van der Waals surface area contributed by atoms with Gasteiger partial charge in [0.2, 0.25) is 0 Å². The molecule has 2 heterocycles. The highest BCUT2D eigenvalue weighted by Crippen LogP contribution is 2.28. The van der Waals surface area contributed by atoms with Gasteiger partial charge in [-0.15, -0.1) is 0 Å². The third-order valence-corrected chi connectivity index (χ3v) is 4.23. The summed E-state index contributed by atoms with van der Waals surface area (Å²) in [4.78, 5) is 9.87. The maximum Gasteiger partial charge on any atom is 0.128 e. The maximum absolute atomic E-state index is 4.80. The van der Waals surface area contributed by atoms with E-state index in [1.807, 2.05) is 0 Å². The van der Waals surface area contributed by atoms with Gasteiger partial charge >= 0.3 is 0 Å². The van der Waals surface area contributed by atoms with Gasteiger partial charge in [0.25, 0.3) is 0 Å². The molecule has 0 radical (unpaired) electrons. The van der Waals surface area contributed by atoms with Gasteiger partial charge in [-0.05, 0) is 37.9 Å². The lowest BCUT2D eigenvalue weighted by Crippen LogP contribution is -2.47. The molecule has 2 fully saturated rings. The van der Waals surface area contributed by atoms with Crippen LogP contribution in [0.25, 0.3) is 0 Å². The average molecular weight is 274 g/mol. The van der Waals surface area contributed by atoms with Crippen molar-refractivity contribution in [1.29, 1.82) is 0 Å². The molecular formula is C16H26N4.